The van der Waals surface area contributed by atoms with Gasteiger partial charge < -0.3 is 15.1 Å². The third kappa shape index (κ3) is 5.76. The maximum atomic E-state index is 5.53. The van der Waals surface area contributed by atoms with Crippen LogP contribution in [0.15, 0.2) is 14.8 Å². The molecule has 6 nitrogen and oxygen atoms in total. The van der Waals surface area contributed by atoms with E-state index in [9.17, 15) is 0 Å². The molecular weight excluding hydrogens is 425 g/mol. The van der Waals surface area contributed by atoms with Gasteiger partial charge in [-0.3, -0.25) is 4.99 Å². The number of guanidine groups is 1. The van der Waals surface area contributed by atoms with Gasteiger partial charge in [0, 0.05) is 12.4 Å². The number of hydrogen-bond acceptors (Lipinski definition) is 5. The summed E-state index contributed by atoms with van der Waals surface area (Å²) in [7, 11) is 1.74. The molecule has 0 saturated heterocycles. The number of nitrogens with one attached hydrogen (secondary N) is 2. The van der Waals surface area contributed by atoms with Gasteiger partial charge in [-0.15, -0.1) is 35.3 Å². The summed E-state index contributed by atoms with van der Waals surface area (Å²) in [6, 6.07) is 0. The number of oxazole rings is 1. The van der Waals surface area contributed by atoms with Gasteiger partial charge in [0.05, 0.1) is 24.5 Å². The van der Waals surface area contributed by atoms with E-state index in [0.29, 0.717) is 30.9 Å². The second-order valence-electron chi connectivity index (χ2n) is 5.35. The normalized spacial score (nSPS) is 11.5. The van der Waals surface area contributed by atoms with Crippen LogP contribution in [0.3, 0.4) is 0 Å². The van der Waals surface area contributed by atoms with Gasteiger partial charge in [0.2, 0.25) is 5.89 Å². The van der Waals surface area contributed by atoms with Crippen molar-refractivity contribution in [2.24, 2.45) is 4.99 Å². The summed E-state index contributed by atoms with van der Waals surface area (Å²) >= 11 is 1.66. The smallest absolute Gasteiger partial charge is 0.214 e. The molecule has 2 aromatic heterocycles. The number of rotatable bonds is 5. The second-order valence-corrected chi connectivity index (χ2v) is 6.29. The predicted octanol–water partition coefficient (Wildman–Crippen LogP) is 3.35. The molecule has 2 rings (SSSR count). The van der Waals surface area contributed by atoms with Crippen LogP contribution in [0.2, 0.25) is 0 Å². The van der Waals surface area contributed by atoms with Crippen LogP contribution < -0.4 is 10.6 Å². The van der Waals surface area contributed by atoms with Crippen LogP contribution in [0.1, 0.15) is 47.8 Å². The van der Waals surface area contributed by atoms with Crippen molar-refractivity contribution >= 4 is 41.3 Å². The van der Waals surface area contributed by atoms with Crippen molar-refractivity contribution in [3.63, 3.8) is 0 Å². The molecule has 2 aromatic rings. The fourth-order valence-electron chi connectivity index (χ4n) is 1.83. The Morgan fingerprint density at radius 3 is 2.48 bits per heavy atom. The highest BCUT2D eigenvalue weighted by Crippen LogP contribution is 2.17. The summed E-state index contributed by atoms with van der Waals surface area (Å²) in [5, 5.41) is 9.59. The van der Waals surface area contributed by atoms with E-state index in [0.717, 1.165) is 22.2 Å². The van der Waals surface area contributed by atoms with Gasteiger partial charge in [-0.25, -0.2) is 9.97 Å². The zero-order chi connectivity index (χ0) is 16.1. The number of aryl methyl sites for hydroxylation is 2. The average molecular weight is 449 g/mol. The van der Waals surface area contributed by atoms with E-state index in [1.54, 1.807) is 18.4 Å². The highest BCUT2D eigenvalue weighted by Gasteiger charge is 2.08. The molecule has 0 aliphatic carbocycles. The van der Waals surface area contributed by atoms with Crippen molar-refractivity contribution in [2.75, 3.05) is 7.05 Å². The Labute approximate surface area is 158 Å². The number of hydrogen-bond donors (Lipinski definition) is 2. The maximum Gasteiger partial charge on any atom is 0.214 e. The quantitative estimate of drug-likeness (QED) is 0.416. The van der Waals surface area contributed by atoms with E-state index in [1.165, 1.54) is 0 Å². The first kappa shape index (κ1) is 19.9. The lowest BCUT2D eigenvalue weighted by Gasteiger charge is -2.09. The lowest BCUT2D eigenvalue weighted by Crippen LogP contribution is -2.36. The molecule has 0 radical (unpaired) electrons. The summed E-state index contributed by atoms with van der Waals surface area (Å²) < 4.78 is 5.53. The van der Waals surface area contributed by atoms with Gasteiger partial charge in [0.15, 0.2) is 5.96 Å². The molecule has 0 fully saturated rings. The molecule has 0 amide bonds. The zero-order valence-corrected chi connectivity index (χ0v) is 17.3. The van der Waals surface area contributed by atoms with E-state index in [1.807, 2.05) is 13.8 Å². The highest BCUT2D eigenvalue weighted by atomic mass is 127. The molecule has 0 atom stereocenters. The lowest BCUT2D eigenvalue weighted by atomic mass is 10.2. The van der Waals surface area contributed by atoms with Gasteiger partial charge in [-0.2, -0.15) is 0 Å². The fourth-order valence-corrected chi connectivity index (χ4v) is 2.72. The number of aliphatic imine (C=N–C) groups is 1. The van der Waals surface area contributed by atoms with Crippen molar-refractivity contribution in [1.29, 1.82) is 0 Å². The van der Waals surface area contributed by atoms with Crippen LogP contribution >= 0.6 is 35.3 Å². The molecular formula is C15H24IN5OS. The molecule has 0 aliphatic heterocycles. The van der Waals surface area contributed by atoms with Crippen LogP contribution in [0.5, 0.6) is 0 Å². The molecule has 0 spiro atoms. The molecule has 2 N–H and O–H groups in total. The Bertz CT molecular complexity index is 631. The van der Waals surface area contributed by atoms with E-state index < -0.39 is 0 Å². The van der Waals surface area contributed by atoms with Crippen molar-refractivity contribution < 1.29 is 4.42 Å². The zero-order valence-electron chi connectivity index (χ0n) is 14.1. The average Bonchev–Trinajstić information content (AvgIpc) is 3.07. The van der Waals surface area contributed by atoms with Crippen LogP contribution in [0.4, 0.5) is 0 Å². The van der Waals surface area contributed by atoms with Gasteiger partial charge >= 0.3 is 0 Å². The Kier molecular flexibility index (Phi) is 7.97. The first-order chi connectivity index (χ1) is 10.5. The molecule has 128 valence electrons. The predicted molar refractivity (Wildman–Crippen MR) is 105 cm³/mol. The minimum Gasteiger partial charge on any atom is -0.444 e. The molecule has 0 bridgehead atoms. The van der Waals surface area contributed by atoms with Gasteiger partial charge in [0.1, 0.15) is 10.8 Å². The number of aromatic nitrogens is 2. The maximum absolute atomic E-state index is 5.53. The summed E-state index contributed by atoms with van der Waals surface area (Å²) in [6.07, 6.45) is 0. The van der Waals surface area contributed by atoms with E-state index >= 15 is 0 Å². The molecule has 2 heterocycles. The summed E-state index contributed by atoms with van der Waals surface area (Å²) in [5.74, 6) is 2.67. The first-order valence-electron chi connectivity index (χ1n) is 7.31. The molecule has 0 aromatic carbocycles. The van der Waals surface area contributed by atoms with Crippen LogP contribution in [-0.2, 0) is 13.1 Å². The van der Waals surface area contributed by atoms with Crippen molar-refractivity contribution in [2.45, 2.75) is 46.7 Å². The summed E-state index contributed by atoms with van der Waals surface area (Å²) in [6.45, 7) is 9.29. The van der Waals surface area contributed by atoms with E-state index in [4.69, 9.17) is 4.42 Å². The summed E-state index contributed by atoms with van der Waals surface area (Å²) in [4.78, 5) is 13.1. The van der Waals surface area contributed by atoms with Gasteiger partial charge in [0.25, 0.3) is 0 Å². The van der Waals surface area contributed by atoms with Gasteiger partial charge in [-0.05, 0) is 19.8 Å². The minimum absolute atomic E-state index is 0. The fraction of sp³-hybridized carbons (Fsp3) is 0.533. The number of halogens is 1. The number of nitrogens with zero attached hydrogens (tertiary/aromatic N) is 3. The van der Waals surface area contributed by atoms with E-state index in [2.05, 4.69) is 44.8 Å². The van der Waals surface area contributed by atoms with Crippen LogP contribution in [0, 0.1) is 13.8 Å². The topological polar surface area (TPSA) is 75.3 Å². The van der Waals surface area contributed by atoms with Crippen LogP contribution in [0.25, 0.3) is 0 Å². The van der Waals surface area contributed by atoms with Gasteiger partial charge in [-0.1, -0.05) is 13.8 Å². The Hall–Kier alpha value is -1.16. The monoisotopic (exact) mass is 449 g/mol. The second kappa shape index (κ2) is 9.21. The Morgan fingerprint density at radius 2 is 1.96 bits per heavy atom. The Morgan fingerprint density at radius 1 is 1.26 bits per heavy atom. The SMILES string of the molecule is CN=C(NCc1nc(C)c(C)o1)NCc1nc(C(C)C)cs1.I. The molecule has 0 saturated carbocycles. The van der Waals surface area contributed by atoms with Crippen molar-refractivity contribution in [3.05, 3.63) is 33.4 Å². The largest absolute Gasteiger partial charge is 0.444 e. The van der Waals surface area contributed by atoms with E-state index in [-0.39, 0.29) is 24.0 Å². The molecule has 23 heavy (non-hydrogen) atoms. The number of thiazole rings is 1. The molecule has 0 unspecified atom stereocenters. The third-order valence-corrected chi connectivity index (χ3v) is 4.14. The lowest BCUT2D eigenvalue weighted by molar-refractivity contribution is 0.463. The molecule has 8 heteroatoms. The van der Waals surface area contributed by atoms with Crippen LogP contribution in [-0.4, -0.2) is 23.0 Å². The van der Waals surface area contributed by atoms with Crippen molar-refractivity contribution in [1.82, 2.24) is 20.6 Å². The van der Waals surface area contributed by atoms with Crippen molar-refractivity contribution in [3.8, 4) is 0 Å². The molecule has 0 aliphatic rings. The standard InChI is InChI=1S/C15H23N5OS.HI/c1-9(2)12-8-22-14(20-12)7-18-15(16-5)17-6-13-19-10(3)11(4)21-13;/h8-9H,6-7H2,1-5H3,(H2,16,17,18);1H. The summed E-state index contributed by atoms with van der Waals surface area (Å²) in [5.41, 5.74) is 2.05. The highest BCUT2D eigenvalue weighted by molar-refractivity contribution is 14.0. The third-order valence-electron chi connectivity index (χ3n) is 3.27. The first-order valence-corrected chi connectivity index (χ1v) is 8.19. The minimum atomic E-state index is 0. The Balaban J connectivity index is 0.00000264.